The van der Waals surface area contributed by atoms with Gasteiger partial charge in [-0.05, 0) is 49.3 Å². The fraction of sp³-hybridized carbons (Fsp3) is 0.333. The summed E-state index contributed by atoms with van der Waals surface area (Å²) >= 11 is -1.18. The van der Waals surface area contributed by atoms with Crippen LogP contribution in [0.4, 0.5) is 0 Å². The van der Waals surface area contributed by atoms with Crippen molar-refractivity contribution in [3.63, 3.8) is 0 Å². The Morgan fingerprint density at radius 1 is 0.957 bits per heavy atom. The van der Waals surface area contributed by atoms with E-state index in [2.05, 4.69) is 0 Å². The molecule has 0 fully saturated rings. The van der Waals surface area contributed by atoms with Gasteiger partial charge in [-0.25, -0.2) is 8.42 Å². The molecular weight excluding hydrogens is 328 g/mol. The van der Waals surface area contributed by atoms with Crippen LogP contribution < -0.4 is 0 Å². The average Bonchev–Trinajstić information content (AvgIpc) is 2.47. The van der Waals surface area contributed by atoms with Crippen LogP contribution in [0.5, 0.6) is 0 Å². The summed E-state index contributed by atoms with van der Waals surface area (Å²) in [5, 5.41) is 0. The van der Waals surface area contributed by atoms with Gasteiger partial charge in [-0.3, -0.25) is 0 Å². The highest BCUT2D eigenvalue weighted by Crippen LogP contribution is 2.19. The minimum absolute atomic E-state index is 0.00760. The van der Waals surface area contributed by atoms with Gasteiger partial charge in [-0.1, -0.05) is 42.3 Å². The van der Waals surface area contributed by atoms with Crippen molar-refractivity contribution in [2.75, 3.05) is 11.5 Å². The van der Waals surface area contributed by atoms with Gasteiger partial charge in [0.05, 0.1) is 10.6 Å². The van der Waals surface area contributed by atoms with Crippen LogP contribution in [0.25, 0.3) is 0 Å². The summed E-state index contributed by atoms with van der Waals surface area (Å²) in [7, 11) is -3.35. The number of benzene rings is 2. The molecule has 0 aliphatic carbocycles. The van der Waals surface area contributed by atoms with Crippen molar-refractivity contribution >= 4 is 21.0 Å². The molecule has 0 aromatic heterocycles. The third-order valence-corrected chi connectivity index (χ3v) is 7.27. The second kappa shape index (κ2) is 7.51. The van der Waals surface area contributed by atoms with Crippen molar-refractivity contribution in [1.29, 1.82) is 0 Å². The summed E-state index contributed by atoms with van der Waals surface area (Å²) in [5.41, 5.74) is 2.14. The lowest BCUT2D eigenvalue weighted by Crippen LogP contribution is -2.22. The summed E-state index contributed by atoms with van der Waals surface area (Å²) in [6, 6.07) is 14.4. The minimum atomic E-state index is -3.35. The molecule has 5 heteroatoms. The van der Waals surface area contributed by atoms with Gasteiger partial charge >= 0.3 is 0 Å². The van der Waals surface area contributed by atoms with Gasteiger partial charge in [0, 0.05) is 5.92 Å². The Morgan fingerprint density at radius 2 is 1.43 bits per heavy atom. The monoisotopic (exact) mass is 350 g/mol. The molecular formula is C18H22O3S2. The Bertz CT molecular complexity index is 735. The topological polar surface area (TPSA) is 57.2 Å². The number of sulfone groups is 1. The van der Waals surface area contributed by atoms with Crippen molar-refractivity contribution in [1.82, 2.24) is 0 Å². The standard InChI is InChI=1S/C18H22O3S2/c1-14-4-8-17(9-5-14)22(19)12-16(3)13-23(20,21)18-10-6-15(2)7-11-18/h4-11,16H,12-13H2,1-3H3. The van der Waals surface area contributed by atoms with Crippen molar-refractivity contribution in [2.45, 2.75) is 30.6 Å². The molecule has 2 rings (SSSR count). The molecule has 0 heterocycles. The fourth-order valence-corrected chi connectivity index (χ4v) is 5.34. The van der Waals surface area contributed by atoms with Crippen LogP contribution in [0.2, 0.25) is 0 Å². The Hall–Kier alpha value is -1.30. The molecule has 2 atom stereocenters. The van der Waals surface area contributed by atoms with E-state index in [0.717, 1.165) is 16.0 Å². The zero-order valence-corrected chi connectivity index (χ0v) is 15.3. The van der Waals surface area contributed by atoms with E-state index in [1.165, 1.54) is 0 Å². The molecule has 0 aliphatic rings. The minimum Gasteiger partial charge on any atom is -0.611 e. The lowest BCUT2D eigenvalue weighted by molar-refractivity contribution is 0.569. The van der Waals surface area contributed by atoms with Gasteiger partial charge in [0.25, 0.3) is 0 Å². The van der Waals surface area contributed by atoms with Crippen LogP contribution in [0.1, 0.15) is 18.1 Å². The zero-order chi connectivity index (χ0) is 17.0. The quantitative estimate of drug-likeness (QED) is 0.749. The van der Waals surface area contributed by atoms with Gasteiger partial charge in [-0.15, -0.1) is 0 Å². The summed E-state index contributed by atoms with van der Waals surface area (Å²) in [6.07, 6.45) is 0. The van der Waals surface area contributed by atoms with Crippen molar-refractivity contribution in [2.24, 2.45) is 5.92 Å². The normalized spacial score (nSPS) is 14.4. The predicted molar refractivity (Wildman–Crippen MR) is 94.9 cm³/mol. The van der Waals surface area contributed by atoms with Gasteiger partial charge in [0.15, 0.2) is 14.7 Å². The largest absolute Gasteiger partial charge is 0.611 e. The Labute approximate surface area is 141 Å². The predicted octanol–water partition coefficient (Wildman–Crippen LogP) is 3.52. The molecule has 2 aromatic carbocycles. The average molecular weight is 351 g/mol. The molecule has 2 unspecified atom stereocenters. The molecule has 0 N–H and O–H groups in total. The Kier molecular flexibility index (Phi) is 5.89. The van der Waals surface area contributed by atoms with Gasteiger partial charge in [0.1, 0.15) is 5.75 Å². The highest BCUT2D eigenvalue weighted by Gasteiger charge is 2.23. The molecule has 0 saturated carbocycles. The second-order valence-electron chi connectivity index (χ2n) is 6.02. The van der Waals surface area contributed by atoms with Crippen LogP contribution in [-0.4, -0.2) is 24.5 Å². The Morgan fingerprint density at radius 3 is 1.96 bits per heavy atom. The van der Waals surface area contributed by atoms with E-state index < -0.39 is 21.0 Å². The smallest absolute Gasteiger partial charge is 0.178 e. The summed E-state index contributed by atoms with van der Waals surface area (Å²) in [4.78, 5) is 1.08. The second-order valence-corrected chi connectivity index (χ2v) is 9.55. The molecule has 0 amide bonds. The van der Waals surface area contributed by atoms with Gasteiger partial charge in [-0.2, -0.15) is 0 Å². The third-order valence-electron chi connectivity index (χ3n) is 3.60. The first kappa shape index (κ1) is 18.0. The van der Waals surface area contributed by atoms with Crippen LogP contribution in [0.15, 0.2) is 58.3 Å². The van der Waals surface area contributed by atoms with Crippen LogP contribution in [0.3, 0.4) is 0 Å². The van der Waals surface area contributed by atoms with Gasteiger partial charge < -0.3 is 4.55 Å². The highest BCUT2D eigenvalue weighted by molar-refractivity contribution is 7.92. The maximum Gasteiger partial charge on any atom is 0.178 e. The molecule has 124 valence electrons. The van der Waals surface area contributed by atoms with E-state index in [1.54, 1.807) is 24.3 Å². The Balaban J connectivity index is 2.02. The number of aryl methyl sites for hydroxylation is 2. The van der Waals surface area contributed by atoms with Gasteiger partial charge in [0.2, 0.25) is 0 Å². The number of rotatable bonds is 6. The van der Waals surface area contributed by atoms with Crippen molar-refractivity contribution < 1.29 is 13.0 Å². The van der Waals surface area contributed by atoms with Crippen molar-refractivity contribution in [3.8, 4) is 0 Å². The maximum absolute atomic E-state index is 12.4. The maximum atomic E-state index is 12.4. The first-order valence-electron chi connectivity index (χ1n) is 7.52. The highest BCUT2D eigenvalue weighted by atomic mass is 32.2. The van der Waals surface area contributed by atoms with E-state index in [4.69, 9.17) is 0 Å². The molecule has 3 nitrogen and oxygen atoms in total. The van der Waals surface area contributed by atoms with Crippen LogP contribution in [0, 0.1) is 19.8 Å². The van der Waals surface area contributed by atoms with Crippen LogP contribution >= 0.6 is 0 Å². The molecule has 0 saturated heterocycles. The fourth-order valence-electron chi connectivity index (χ4n) is 2.31. The lowest BCUT2D eigenvalue weighted by atomic mass is 10.2. The van der Waals surface area contributed by atoms with E-state index in [9.17, 15) is 13.0 Å². The number of hydrogen-bond acceptors (Lipinski definition) is 3. The summed E-state index contributed by atoms with van der Waals surface area (Å²) < 4.78 is 37.2. The molecule has 23 heavy (non-hydrogen) atoms. The van der Waals surface area contributed by atoms with Crippen LogP contribution in [-0.2, 0) is 21.0 Å². The van der Waals surface area contributed by atoms with E-state index in [0.29, 0.717) is 10.6 Å². The number of hydrogen-bond donors (Lipinski definition) is 0. The van der Waals surface area contributed by atoms with E-state index in [1.807, 2.05) is 45.0 Å². The lowest BCUT2D eigenvalue weighted by Gasteiger charge is -2.16. The molecule has 0 bridgehead atoms. The molecule has 0 radical (unpaired) electrons. The summed E-state index contributed by atoms with van der Waals surface area (Å²) in [6.45, 7) is 5.73. The molecule has 0 spiro atoms. The third kappa shape index (κ3) is 5.09. The first-order chi connectivity index (χ1) is 10.8. The van der Waals surface area contributed by atoms with E-state index in [-0.39, 0.29) is 11.7 Å². The SMILES string of the molecule is Cc1ccc([S+]([O-])CC(C)CS(=O)(=O)c2ccc(C)cc2)cc1. The molecule has 2 aromatic rings. The zero-order valence-electron chi connectivity index (χ0n) is 13.7. The van der Waals surface area contributed by atoms with E-state index >= 15 is 0 Å². The van der Waals surface area contributed by atoms with Crippen molar-refractivity contribution in [3.05, 3.63) is 59.7 Å². The molecule has 0 aliphatic heterocycles. The summed E-state index contributed by atoms with van der Waals surface area (Å²) in [5.74, 6) is 0.172. The first-order valence-corrected chi connectivity index (χ1v) is 10.5.